The quantitative estimate of drug-likeness (QED) is 0.459. The number of carbonyl (C=O) groups excluding carboxylic acids is 2. The largest absolute Gasteiger partial charge is 0.384 e. The fourth-order valence-corrected chi connectivity index (χ4v) is 2.71. The van der Waals surface area contributed by atoms with Gasteiger partial charge in [0.05, 0.1) is 6.54 Å². The minimum Gasteiger partial charge on any atom is -0.384 e. The molecule has 0 aliphatic carbocycles. The summed E-state index contributed by atoms with van der Waals surface area (Å²) in [4.78, 5) is 25.4. The molecule has 1 aliphatic heterocycles. The lowest BCUT2D eigenvalue weighted by Gasteiger charge is -2.16. The maximum Gasteiger partial charge on any atom is 0.325 e. The number of nitrogens with two attached hydrogens (primary N) is 1. The summed E-state index contributed by atoms with van der Waals surface area (Å²) in [5.74, 6) is -0.228. The molecular formula is C17H18N4O2. The van der Waals surface area contributed by atoms with Crippen LogP contribution in [0.2, 0.25) is 0 Å². The molecule has 0 aromatic heterocycles. The van der Waals surface area contributed by atoms with Gasteiger partial charge in [-0.15, -0.1) is 0 Å². The van der Waals surface area contributed by atoms with Crippen molar-refractivity contribution in [3.8, 4) is 0 Å². The Hall–Kier alpha value is -2.89. The summed E-state index contributed by atoms with van der Waals surface area (Å²) >= 11 is 0. The molecule has 2 aromatic rings. The molecule has 23 heavy (non-hydrogen) atoms. The molecule has 4 N–H and O–H groups in total. The minimum absolute atomic E-state index is 0.00755. The molecule has 1 saturated heterocycles. The van der Waals surface area contributed by atoms with Gasteiger partial charge in [-0.25, -0.2) is 4.79 Å². The first-order chi connectivity index (χ1) is 10.8. The van der Waals surface area contributed by atoms with Crippen LogP contribution in [0.4, 0.5) is 4.79 Å². The first-order valence-corrected chi connectivity index (χ1v) is 7.29. The van der Waals surface area contributed by atoms with Crippen LogP contribution >= 0.6 is 0 Å². The fourth-order valence-electron chi connectivity index (χ4n) is 2.71. The first kappa shape index (κ1) is 15.0. The van der Waals surface area contributed by atoms with E-state index in [9.17, 15) is 9.59 Å². The molecule has 3 amide bonds. The SMILES string of the molecule is CC1(C)NC(=O)N(Cc2ccc3ccc(C(=N)N)cc3c2)C1=O. The Morgan fingerprint density at radius 1 is 1.17 bits per heavy atom. The number of amidine groups is 1. The molecule has 0 atom stereocenters. The second-order valence-electron chi connectivity index (χ2n) is 6.26. The van der Waals surface area contributed by atoms with E-state index in [2.05, 4.69) is 5.32 Å². The lowest BCUT2D eigenvalue weighted by atomic mass is 10.0. The average molecular weight is 310 g/mol. The third-order valence-corrected chi connectivity index (χ3v) is 4.00. The predicted octanol–water partition coefficient (Wildman–Crippen LogP) is 1.95. The number of benzene rings is 2. The van der Waals surface area contributed by atoms with E-state index in [0.717, 1.165) is 16.3 Å². The number of fused-ring (bicyclic) bond motifs is 1. The van der Waals surface area contributed by atoms with Crippen LogP contribution in [0.25, 0.3) is 10.8 Å². The van der Waals surface area contributed by atoms with Crippen LogP contribution in [-0.4, -0.2) is 28.2 Å². The maximum absolute atomic E-state index is 12.2. The maximum atomic E-state index is 12.2. The molecule has 1 aliphatic rings. The second kappa shape index (κ2) is 5.08. The van der Waals surface area contributed by atoms with Crippen LogP contribution in [0, 0.1) is 5.41 Å². The van der Waals surface area contributed by atoms with Crippen molar-refractivity contribution in [3.63, 3.8) is 0 Å². The van der Waals surface area contributed by atoms with E-state index < -0.39 is 5.54 Å². The Kier molecular flexibility index (Phi) is 3.32. The number of hydrogen-bond donors (Lipinski definition) is 3. The molecule has 118 valence electrons. The number of urea groups is 1. The zero-order valence-corrected chi connectivity index (χ0v) is 13.0. The lowest BCUT2D eigenvalue weighted by Crippen LogP contribution is -2.40. The van der Waals surface area contributed by atoms with Gasteiger partial charge in [-0.05, 0) is 42.3 Å². The van der Waals surface area contributed by atoms with E-state index >= 15 is 0 Å². The smallest absolute Gasteiger partial charge is 0.325 e. The van der Waals surface area contributed by atoms with Crippen molar-refractivity contribution < 1.29 is 9.59 Å². The number of rotatable bonds is 3. The third-order valence-electron chi connectivity index (χ3n) is 4.00. The van der Waals surface area contributed by atoms with E-state index in [1.165, 1.54) is 4.90 Å². The zero-order valence-electron chi connectivity index (χ0n) is 13.0. The molecule has 6 nitrogen and oxygen atoms in total. The van der Waals surface area contributed by atoms with Crippen molar-refractivity contribution >= 4 is 28.5 Å². The molecule has 0 spiro atoms. The second-order valence-corrected chi connectivity index (χ2v) is 6.26. The van der Waals surface area contributed by atoms with E-state index in [4.69, 9.17) is 11.1 Å². The van der Waals surface area contributed by atoms with Crippen molar-refractivity contribution in [2.75, 3.05) is 0 Å². The van der Waals surface area contributed by atoms with Gasteiger partial charge in [0.25, 0.3) is 5.91 Å². The summed E-state index contributed by atoms with van der Waals surface area (Å²) in [5, 5.41) is 12.1. The van der Waals surface area contributed by atoms with E-state index in [-0.39, 0.29) is 24.3 Å². The molecular weight excluding hydrogens is 292 g/mol. The molecule has 1 heterocycles. The highest BCUT2D eigenvalue weighted by Crippen LogP contribution is 2.22. The predicted molar refractivity (Wildman–Crippen MR) is 88.1 cm³/mol. The molecule has 2 aromatic carbocycles. The van der Waals surface area contributed by atoms with Gasteiger partial charge in [-0.1, -0.05) is 24.3 Å². The van der Waals surface area contributed by atoms with Crippen LogP contribution in [0.15, 0.2) is 36.4 Å². The number of imide groups is 1. The van der Waals surface area contributed by atoms with E-state index in [1.807, 2.05) is 30.3 Å². The highest BCUT2D eigenvalue weighted by molar-refractivity contribution is 6.06. The van der Waals surface area contributed by atoms with Gasteiger partial charge >= 0.3 is 6.03 Å². The van der Waals surface area contributed by atoms with Crippen LogP contribution in [0.1, 0.15) is 25.0 Å². The monoisotopic (exact) mass is 310 g/mol. The van der Waals surface area contributed by atoms with Crippen molar-refractivity contribution in [1.82, 2.24) is 10.2 Å². The molecule has 0 unspecified atom stereocenters. The Labute approximate surface area is 133 Å². The minimum atomic E-state index is -0.865. The summed E-state index contributed by atoms with van der Waals surface area (Å²) in [6.07, 6.45) is 0. The van der Waals surface area contributed by atoms with E-state index in [0.29, 0.717) is 5.56 Å². The van der Waals surface area contributed by atoms with Crippen molar-refractivity contribution in [2.45, 2.75) is 25.9 Å². The zero-order chi connectivity index (χ0) is 16.8. The molecule has 0 radical (unpaired) electrons. The highest BCUT2D eigenvalue weighted by Gasteiger charge is 2.43. The number of nitrogens with zero attached hydrogens (tertiary/aromatic N) is 1. The number of nitrogen functional groups attached to an aromatic ring is 1. The van der Waals surface area contributed by atoms with Crippen LogP contribution in [-0.2, 0) is 11.3 Å². The van der Waals surface area contributed by atoms with Gasteiger partial charge in [-0.2, -0.15) is 0 Å². The number of nitrogens with one attached hydrogen (secondary N) is 2. The van der Waals surface area contributed by atoms with Gasteiger partial charge in [0, 0.05) is 5.56 Å². The normalized spacial score (nSPS) is 16.7. The fraction of sp³-hybridized carbons (Fsp3) is 0.235. The van der Waals surface area contributed by atoms with Crippen molar-refractivity contribution in [2.24, 2.45) is 5.73 Å². The summed E-state index contributed by atoms with van der Waals surface area (Å²) in [7, 11) is 0. The van der Waals surface area contributed by atoms with Crippen LogP contribution in [0.3, 0.4) is 0 Å². The van der Waals surface area contributed by atoms with Gasteiger partial charge < -0.3 is 11.1 Å². The van der Waals surface area contributed by atoms with Crippen LogP contribution in [0.5, 0.6) is 0 Å². The summed E-state index contributed by atoms with van der Waals surface area (Å²) in [5.41, 5.74) is 6.14. The van der Waals surface area contributed by atoms with Gasteiger partial charge in [0.1, 0.15) is 11.4 Å². The topological polar surface area (TPSA) is 99.3 Å². The van der Waals surface area contributed by atoms with Crippen molar-refractivity contribution in [1.29, 1.82) is 5.41 Å². The standard InChI is InChI=1S/C17H18N4O2/c1-17(2)15(22)21(16(23)20-17)9-10-3-4-11-5-6-12(14(18)19)8-13(11)7-10/h3-8H,9H2,1-2H3,(H3,18,19)(H,20,23). The molecule has 6 heteroatoms. The number of carbonyl (C=O) groups is 2. The third kappa shape index (κ3) is 2.63. The van der Waals surface area contributed by atoms with Crippen LogP contribution < -0.4 is 11.1 Å². The molecule has 0 bridgehead atoms. The van der Waals surface area contributed by atoms with E-state index in [1.54, 1.807) is 19.9 Å². The summed E-state index contributed by atoms with van der Waals surface area (Å²) in [6.45, 7) is 3.59. The Morgan fingerprint density at radius 2 is 1.87 bits per heavy atom. The Balaban J connectivity index is 1.93. The van der Waals surface area contributed by atoms with Gasteiger partial charge in [0.15, 0.2) is 0 Å². The van der Waals surface area contributed by atoms with Gasteiger partial charge in [0.2, 0.25) is 0 Å². The average Bonchev–Trinajstić information content (AvgIpc) is 2.68. The van der Waals surface area contributed by atoms with Gasteiger partial charge in [-0.3, -0.25) is 15.1 Å². The molecule has 0 saturated carbocycles. The summed E-state index contributed by atoms with van der Waals surface area (Å²) in [6, 6.07) is 10.9. The first-order valence-electron chi connectivity index (χ1n) is 7.29. The number of hydrogen-bond acceptors (Lipinski definition) is 3. The molecule has 1 fully saturated rings. The number of amides is 3. The highest BCUT2D eigenvalue weighted by atomic mass is 16.2. The lowest BCUT2D eigenvalue weighted by molar-refractivity contribution is -0.130. The summed E-state index contributed by atoms with van der Waals surface area (Å²) < 4.78 is 0. The molecule has 3 rings (SSSR count). The Morgan fingerprint density at radius 3 is 2.48 bits per heavy atom. The van der Waals surface area contributed by atoms with Crippen molar-refractivity contribution in [3.05, 3.63) is 47.5 Å². The Bertz CT molecular complexity index is 842.